The summed E-state index contributed by atoms with van der Waals surface area (Å²) >= 11 is 0. The number of para-hydroxylation sites is 1. The SMILES string of the molecule is O=C(C1Cc2ccccc2N2CCN(Cc3ccc(F)cc3)CC12)N1CCN(c2cccc(C(F)(F)F)c2)CC1. The van der Waals surface area contributed by atoms with Gasteiger partial charge in [0.2, 0.25) is 5.91 Å². The number of carbonyl (C=O) groups excluding carboxylic acids is 1. The van der Waals surface area contributed by atoms with Gasteiger partial charge in [0, 0.05) is 63.7 Å². The zero-order valence-corrected chi connectivity index (χ0v) is 22.2. The second-order valence-electron chi connectivity index (χ2n) is 10.9. The molecule has 2 fully saturated rings. The van der Waals surface area contributed by atoms with Crippen LogP contribution in [0.1, 0.15) is 16.7 Å². The van der Waals surface area contributed by atoms with Gasteiger partial charge in [-0.05, 0) is 53.9 Å². The monoisotopic (exact) mass is 552 g/mol. The van der Waals surface area contributed by atoms with E-state index in [2.05, 4.69) is 21.9 Å². The molecule has 1 amide bonds. The minimum Gasteiger partial charge on any atom is -0.368 e. The zero-order valence-electron chi connectivity index (χ0n) is 22.2. The van der Waals surface area contributed by atoms with Gasteiger partial charge in [0.05, 0.1) is 17.5 Å². The van der Waals surface area contributed by atoms with Crippen molar-refractivity contribution in [1.82, 2.24) is 9.80 Å². The normalized spacial score (nSPS) is 21.6. The van der Waals surface area contributed by atoms with Crippen molar-refractivity contribution < 1.29 is 22.4 Å². The highest BCUT2D eigenvalue weighted by molar-refractivity contribution is 5.82. The first kappa shape index (κ1) is 26.6. The second kappa shape index (κ2) is 10.8. The van der Waals surface area contributed by atoms with Crippen molar-refractivity contribution in [2.24, 2.45) is 5.92 Å². The van der Waals surface area contributed by atoms with Gasteiger partial charge in [-0.1, -0.05) is 36.4 Å². The quantitative estimate of drug-likeness (QED) is 0.424. The molecule has 3 aliphatic heterocycles. The van der Waals surface area contributed by atoms with Gasteiger partial charge in [0.1, 0.15) is 5.82 Å². The maximum atomic E-state index is 14.0. The third-order valence-electron chi connectivity index (χ3n) is 8.47. The number of rotatable bonds is 4. The van der Waals surface area contributed by atoms with E-state index in [0.29, 0.717) is 44.8 Å². The van der Waals surface area contributed by atoms with Crippen molar-refractivity contribution in [2.75, 3.05) is 55.6 Å². The van der Waals surface area contributed by atoms with Gasteiger partial charge in [-0.15, -0.1) is 0 Å². The molecule has 2 unspecified atom stereocenters. The summed E-state index contributed by atoms with van der Waals surface area (Å²) in [4.78, 5) is 22.6. The molecule has 0 N–H and O–H groups in total. The number of piperazine rings is 2. The van der Waals surface area contributed by atoms with E-state index in [9.17, 15) is 22.4 Å². The minimum absolute atomic E-state index is 0.0121. The van der Waals surface area contributed by atoms with Gasteiger partial charge in [0.25, 0.3) is 0 Å². The van der Waals surface area contributed by atoms with Crippen molar-refractivity contribution in [3.8, 4) is 0 Å². The molecule has 3 aromatic carbocycles. The van der Waals surface area contributed by atoms with Crippen LogP contribution in [0.25, 0.3) is 0 Å². The summed E-state index contributed by atoms with van der Waals surface area (Å²) in [5.74, 6) is -0.362. The van der Waals surface area contributed by atoms with Gasteiger partial charge >= 0.3 is 6.18 Å². The lowest BCUT2D eigenvalue weighted by atomic mass is 9.82. The first-order valence-corrected chi connectivity index (χ1v) is 13.8. The number of halogens is 4. The fourth-order valence-corrected chi connectivity index (χ4v) is 6.39. The Kier molecular flexibility index (Phi) is 7.16. The lowest BCUT2D eigenvalue weighted by Gasteiger charge is -2.50. The Hall–Kier alpha value is -3.59. The molecule has 6 rings (SSSR count). The van der Waals surface area contributed by atoms with Gasteiger partial charge in [-0.25, -0.2) is 4.39 Å². The van der Waals surface area contributed by atoms with E-state index in [0.717, 1.165) is 31.3 Å². The van der Waals surface area contributed by atoms with E-state index in [1.807, 2.05) is 34.1 Å². The molecule has 0 aliphatic carbocycles. The summed E-state index contributed by atoms with van der Waals surface area (Å²) in [6.07, 6.45) is -3.73. The fourth-order valence-electron chi connectivity index (χ4n) is 6.39. The molecule has 3 aliphatic rings. The topological polar surface area (TPSA) is 30.0 Å². The smallest absolute Gasteiger partial charge is 0.368 e. The Labute approximate surface area is 231 Å². The lowest BCUT2D eigenvalue weighted by Crippen LogP contribution is -2.62. The van der Waals surface area contributed by atoms with Crippen LogP contribution < -0.4 is 9.80 Å². The highest BCUT2D eigenvalue weighted by Gasteiger charge is 2.43. The minimum atomic E-state index is -4.39. The second-order valence-corrected chi connectivity index (χ2v) is 10.9. The summed E-state index contributed by atoms with van der Waals surface area (Å²) in [7, 11) is 0. The third kappa shape index (κ3) is 5.39. The van der Waals surface area contributed by atoms with E-state index in [4.69, 9.17) is 0 Å². The zero-order chi connectivity index (χ0) is 27.9. The molecule has 2 saturated heterocycles. The van der Waals surface area contributed by atoms with E-state index in [1.165, 1.54) is 35.5 Å². The summed E-state index contributed by atoms with van der Waals surface area (Å²) < 4.78 is 53.1. The molecule has 3 heterocycles. The molecule has 2 atom stereocenters. The number of anilines is 2. The van der Waals surface area contributed by atoms with Crippen LogP contribution in [0, 0.1) is 11.7 Å². The lowest BCUT2D eigenvalue weighted by molar-refractivity contribution is -0.138. The average Bonchev–Trinajstić information content (AvgIpc) is 2.97. The van der Waals surface area contributed by atoms with Crippen LogP contribution in [0.3, 0.4) is 0 Å². The maximum Gasteiger partial charge on any atom is 0.416 e. The number of carbonyl (C=O) groups is 1. The van der Waals surface area contributed by atoms with Crippen LogP contribution in [0.15, 0.2) is 72.8 Å². The number of fused-ring (bicyclic) bond motifs is 3. The molecule has 0 radical (unpaired) electrons. The van der Waals surface area contributed by atoms with E-state index >= 15 is 0 Å². The highest BCUT2D eigenvalue weighted by atomic mass is 19.4. The molecule has 0 bridgehead atoms. The predicted molar refractivity (Wildman–Crippen MR) is 147 cm³/mol. The number of benzene rings is 3. The Morgan fingerprint density at radius 2 is 1.60 bits per heavy atom. The number of nitrogens with zero attached hydrogens (tertiary/aromatic N) is 4. The summed E-state index contributed by atoms with van der Waals surface area (Å²) in [5.41, 5.74) is 3.27. The van der Waals surface area contributed by atoms with Crippen molar-refractivity contribution in [2.45, 2.75) is 25.2 Å². The van der Waals surface area contributed by atoms with Crippen LogP contribution in [0.5, 0.6) is 0 Å². The number of hydrogen-bond donors (Lipinski definition) is 0. The first-order chi connectivity index (χ1) is 19.3. The predicted octanol–water partition coefficient (Wildman–Crippen LogP) is 5.06. The third-order valence-corrected chi connectivity index (χ3v) is 8.47. The summed E-state index contributed by atoms with van der Waals surface area (Å²) in [6.45, 7) is 4.99. The van der Waals surface area contributed by atoms with E-state index < -0.39 is 11.7 Å². The molecule has 0 saturated carbocycles. The van der Waals surface area contributed by atoms with Gasteiger partial charge in [-0.3, -0.25) is 9.69 Å². The van der Waals surface area contributed by atoms with Gasteiger partial charge in [-0.2, -0.15) is 13.2 Å². The Bertz CT molecular complexity index is 1350. The Morgan fingerprint density at radius 1 is 0.850 bits per heavy atom. The molecule has 210 valence electrons. The van der Waals surface area contributed by atoms with Crippen LogP contribution >= 0.6 is 0 Å². The molecule has 9 heteroatoms. The van der Waals surface area contributed by atoms with Gasteiger partial charge < -0.3 is 14.7 Å². The van der Waals surface area contributed by atoms with Crippen molar-refractivity contribution in [3.63, 3.8) is 0 Å². The number of hydrogen-bond acceptors (Lipinski definition) is 4. The highest BCUT2D eigenvalue weighted by Crippen LogP contribution is 2.37. The molecule has 0 spiro atoms. The molecule has 0 aromatic heterocycles. The molecule has 3 aromatic rings. The summed E-state index contributed by atoms with van der Waals surface area (Å²) in [5, 5.41) is 0. The molecular weight excluding hydrogens is 520 g/mol. The standard InChI is InChI=1S/C31H32F4N4O/c32-25-10-8-22(9-11-25)20-36-12-17-39-28-7-2-1-4-23(28)18-27(29(39)21-36)30(40)38-15-13-37(14-16-38)26-6-3-5-24(19-26)31(33,34)35/h1-11,19,27,29H,12-18,20-21H2. The van der Waals surface area contributed by atoms with Crippen molar-refractivity contribution in [3.05, 3.63) is 95.3 Å². The van der Waals surface area contributed by atoms with E-state index in [1.54, 1.807) is 6.07 Å². The van der Waals surface area contributed by atoms with Crippen LogP contribution in [-0.4, -0.2) is 67.6 Å². The average molecular weight is 553 g/mol. The number of amides is 1. The molecule has 5 nitrogen and oxygen atoms in total. The fraction of sp³-hybridized carbons (Fsp3) is 0.387. The van der Waals surface area contributed by atoms with Gasteiger partial charge in [0.15, 0.2) is 0 Å². The number of alkyl halides is 3. The van der Waals surface area contributed by atoms with E-state index in [-0.39, 0.29) is 23.7 Å². The van der Waals surface area contributed by atoms with Crippen LogP contribution in [0.2, 0.25) is 0 Å². The largest absolute Gasteiger partial charge is 0.416 e. The van der Waals surface area contributed by atoms with Crippen molar-refractivity contribution >= 4 is 17.3 Å². The van der Waals surface area contributed by atoms with Crippen molar-refractivity contribution in [1.29, 1.82) is 0 Å². The Balaban J connectivity index is 1.17. The molecule has 40 heavy (non-hydrogen) atoms. The van der Waals surface area contributed by atoms with Crippen LogP contribution in [0.4, 0.5) is 28.9 Å². The first-order valence-electron chi connectivity index (χ1n) is 13.8. The Morgan fingerprint density at radius 3 is 2.35 bits per heavy atom. The summed E-state index contributed by atoms with van der Waals surface area (Å²) in [6, 6.07) is 20.3. The maximum absolute atomic E-state index is 14.0. The van der Waals surface area contributed by atoms with Crippen LogP contribution in [-0.2, 0) is 23.9 Å². The molecular formula is C31H32F4N4O.